The molecular weight excluding hydrogens is 364 g/mol. The second-order valence-electron chi connectivity index (χ2n) is 7.35. The third-order valence-electron chi connectivity index (χ3n) is 4.75. The molecular formula is C23H26N4O2. The van der Waals surface area contributed by atoms with Gasteiger partial charge in [0.2, 0.25) is 0 Å². The van der Waals surface area contributed by atoms with Crippen LogP contribution in [0.15, 0.2) is 54.6 Å². The van der Waals surface area contributed by atoms with Crippen LogP contribution in [0.1, 0.15) is 25.2 Å². The number of hydrogen-bond donors (Lipinski definition) is 1. The molecule has 6 heteroatoms. The van der Waals surface area contributed by atoms with Gasteiger partial charge in [-0.2, -0.15) is 0 Å². The second kappa shape index (κ2) is 8.39. The Morgan fingerprint density at radius 3 is 2.48 bits per heavy atom. The Morgan fingerprint density at radius 1 is 0.966 bits per heavy atom. The average Bonchev–Trinajstić information content (AvgIpc) is 2.72. The zero-order valence-corrected chi connectivity index (χ0v) is 17.1. The van der Waals surface area contributed by atoms with E-state index in [1.54, 1.807) is 0 Å². The number of benzene rings is 2. The zero-order chi connectivity index (χ0) is 20.2. The summed E-state index contributed by atoms with van der Waals surface area (Å²) in [5, 5.41) is 3.38. The number of ether oxygens (including phenoxy) is 2. The summed E-state index contributed by atoms with van der Waals surface area (Å²) in [6.45, 7) is 8.21. The number of nitrogens with one attached hydrogen (secondary N) is 1. The molecule has 0 bridgehead atoms. The maximum atomic E-state index is 5.68. The Bertz CT molecular complexity index is 976. The Labute approximate surface area is 171 Å². The summed E-state index contributed by atoms with van der Waals surface area (Å²) in [5.41, 5.74) is 2.15. The first-order valence-electron chi connectivity index (χ1n) is 9.91. The summed E-state index contributed by atoms with van der Waals surface area (Å²) in [5.74, 6) is 3.90. The van der Waals surface area contributed by atoms with E-state index in [0.717, 1.165) is 41.2 Å². The Balaban J connectivity index is 1.59. The molecule has 1 aromatic heterocycles. The minimum Gasteiger partial charge on any atom is -0.486 e. The summed E-state index contributed by atoms with van der Waals surface area (Å²) in [4.78, 5) is 11.5. The first-order valence-corrected chi connectivity index (χ1v) is 9.91. The van der Waals surface area contributed by atoms with Crippen LogP contribution in [0.3, 0.4) is 0 Å². The van der Waals surface area contributed by atoms with Crippen LogP contribution in [0.5, 0.6) is 11.5 Å². The molecule has 0 spiro atoms. The van der Waals surface area contributed by atoms with Gasteiger partial charge in [0.15, 0.2) is 11.5 Å². The van der Waals surface area contributed by atoms with Gasteiger partial charge in [-0.15, -0.1) is 0 Å². The molecule has 4 rings (SSSR count). The van der Waals surface area contributed by atoms with E-state index < -0.39 is 0 Å². The lowest BCUT2D eigenvalue weighted by atomic mass is 10.2. The highest BCUT2D eigenvalue weighted by Gasteiger charge is 2.16. The Kier molecular flexibility index (Phi) is 5.51. The fourth-order valence-corrected chi connectivity index (χ4v) is 3.34. The van der Waals surface area contributed by atoms with Crippen molar-refractivity contribution in [2.45, 2.75) is 33.4 Å². The molecule has 0 saturated heterocycles. The van der Waals surface area contributed by atoms with E-state index in [2.05, 4.69) is 53.3 Å². The van der Waals surface area contributed by atoms with Gasteiger partial charge >= 0.3 is 0 Å². The van der Waals surface area contributed by atoms with Gasteiger partial charge in [-0.3, -0.25) is 0 Å². The molecule has 0 amide bonds. The quantitative estimate of drug-likeness (QED) is 0.657. The van der Waals surface area contributed by atoms with E-state index in [9.17, 15) is 0 Å². The fraction of sp³-hybridized carbons (Fsp3) is 0.304. The van der Waals surface area contributed by atoms with Gasteiger partial charge in [0.1, 0.15) is 30.7 Å². The predicted molar refractivity (Wildman–Crippen MR) is 115 cm³/mol. The van der Waals surface area contributed by atoms with Crippen LogP contribution in [0.4, 0.5) is 17.3 Å². The molecule has 1 aliphatic rings. The van der Waals surface area contributed by atoms with Crippen LogP contribution in [0, 0.1) is 6.92 Å². The summed E-state index contributed by atoms with van der Waals surface area (Å²) >= 11 is 0. The van der Waals surface area contributed by atoms with Gasteiger partial charge < -0.3 is 19.7 Å². The van der Waals surface area contributed by atoms with Crippen molar-refractivity contribution in [3.05, 3.63) is 66.0 Å². The highest BCUT2D eigenvalue weighted by atomic mass is 16.6. The molecule has 2 heterocycles. The van der Waals surface area contributed by atoms with Crippen molar-refractivity contribution in [1.29, 1.82) is 0 Å². The molecule has 0 aliphatic carbocycles. The number of fused-ring (bicyclic) bond motifs is 1. The first kappa shape index (κ1) is 19.1. The summed E-state index contributed by atoms with van der Waals surface area (Å²) in [7, 11) is 0. The van der Waals surface area contributed by atoms with E-state index >= 15 is 0 Å². The lowest BCUT2D eigenvalue weighted by molar-refractivity contribution is 0.171. The maximum Gasteiger partial charge on any atom is 0.163 e. The summed E-state index contributed by atoms with van der Waals surface area (Å²) < 4.78 is 11.3. The molecule has 2 aromatic carbocycles. The average molecular weight is 390 g/mol. The van der Waals surface area contributed by atoms with E-state index in [4.69, 9.17) is 14.5 Å². The number of aromatic nitrogens is 2. The van der Waals surface area contributed by atoms with E-state index in [0.29, 0.717) is 19.3 Å². The van der Waals surface area contributed by atoms with Crippen LogP contribution in [0.2, 0.25) is 0 Å². The van der Waals surface area contributed by atoms with E-state index in [-0.39, 0.29) is 0 Å². The van der Waals surface area contributed by atoms with Gasteiger partial charge in [-0.1, -0.05) is 30.3 Å². The molecule has 0 unspecified atom stereocenters. The molecule has 150 valence electrons. The van der Waals surface area contributed by atoms with Crippen LogP contribution in [-0.2, 0) is 6.54 Å². The molecule has 0 fully saturated rings. The molecule has 0 radical (unpaired) electrons. The monoisotopic (exact) mass is 390 g/mol. The van der Waals surface area contributed by atoms with Crippen molar-refractivity contribution in [2.24, 2.45) is 0 Å². The lowest BCUT2D eigenvalue weighted by Crippen LogP contribution is -2.31. The van der Waals surface area contributed by atoms with Gasteiger partial charge in [0.25, 0.3) is 0 Å². The largest absolute Gasteiger partial charge is 0.486 e. The van der Waals surface area contributed by atoms with Crippen LogP contribution in [0.25, 0.3) is 0 Å². The molecule has 0 atom stereocenters. The summed E-state index contributed by atoms with van der Waals surface area (Å²) in [6, 6.07) is 18.6. The SMILES string of the molecule is Cc1nc(Nc2ccc3c(c2)OCCO3)cc(N(Cc2ccccc2)C(C)C)n1. The lowest BCUT2D eigenvalue weighted by Gasteiger charge is -2.28. The number of nitrogens with zero attached hydrogens (tertiary/aromatic N) is 3. The minimum absolute atomic E-state index is 0.298. The van der Waals surface area contributed by atoms with Gasteiger partial charge in [0.05, 0.1) is 0 Å². The molecule has 6 nitrogen and oxygen atoms in total. The van der Waals surface area contributed by atoms with Crippen LogP contribution >= 0.6 is 0 Å². The highest BCUT2D eigenvalue weighted by molar-refractivity contribution is 5.63. The molecule has 1 aliphatic heterocycles. The van der Waals surface area contributed by atoms with Crippen molar-refractivity contribution in [3.8, 4) is 11.5 Å². The Hall–Kier alpha value is -3.28. The van der Waals surface area contributed by atoms with E-state index in [1.807, 2.05) is 37.3 Å². The third-order valence-corrected chi connectivity index (χ3v) is 4.75. The molecule has 0 saturated carbocycles. The first-order chi connectivity index (χ1) is 14.1. The topological polar surface area (TPSA) is 59.5 Å². The van der Waals surface area contributed by atoms with E-state index in [1.165, 1.54) is 5.56 Å². The van der Waals surface area contributed by atoms with Crippen molar-refractivity contribution in [2.75, 3.05) is 23.4 Å². The highest BCUT2D eigenvalue weighted by Crippen LogP contribution is 2.33. The predicted octanol–water partition coefficient (Wildman–Crippen LogP) is 4.71. The Morgan fingerprint density at radius 2 is 1.72 bits per heavy atom. The zero-order valence-electron chi connectivity index (χ0n) is 17.1. The van der Waals surface area contributed by atoms with Crippen molar-refractivity contribution < 1.29 is 9.47 Å². The standard InChI is InChI=1S/C23H26N4O2/c1-16(2)27(15-18-7-5-4-6-8-18)23-14-22(24-17(3)25-23)26-19-9-10-20-21(13-19)29-12-11-28-20/h4-10,13-14,16H,11-12,15H2,1-3H3,(H,24,25,26). The number of rotatable bonds is 6. The van der Waals surface area contributed by atoms with Gasteiger partial charge in [-0.25, -0.2) is 9.97 Å². The van der Waals surface area contributed by atoms with Gasteiger partial charge in [-0.05, 0) is 38.5 Å². The fourth-order valence-electron chi connectivity index (χ4n) is 3.34. The van der Waals surface area contributed by atoms with Crippen molar-refractivity contribution in [1.82, 2.24) is 9.97 Å². The number of aryl methyl sites for hydroxylation is 1. The van der Waals surface area contributed by atoms with Crippen molar-refractivity contribution in [3.63, 3.8) is 0 Å². The number of anilines is 3. The van der Waals surface area contributed by atoms with Gasteiger partial charge in [0, 0.05) is 30.4 Å². The van der Waals surface area contributed by atoms with Crippen LogP contribution in [-0.4, -0.2) is 29.2 Å². The number of hydrogen-bond acceptors (Lipinski definition) is 6. The molecule has 29 heavy (non-hydrogen) atoms. The maximum absolute atomic E-state index is 5.68. The molecule has 3 aromatic rings. The second-order valence-corrected chi connectivity index (χ2v) is 7.35. The van der Waals surface area contributed by atoms with Crippen LogP contribution < -0.4 is 19.7 Å². The normalized spacial score (nSPS) is 12.7. The smallest absolute Gasteiger partial charge is 0.163 e. The van der Waals surface area contributed by atoms with Crippen molar-refractivity contribution >= 4 is 17.3 Å². The molecule has 1 N–H and O–H groups in total. The summed E-state index contributed by atoms with van der Waals surface area (Å²) in [6.07, 6.45) is 0. The third kappa shape index (κ3) is 4.59. The minimum atomic E-state index is 0.298.